The topological polar surface area (TPSA) is 53.4 Å². The number of aromatic nitrogens is 2. The number of methoxy groups -OCH3 is 1. The number of hydrogen-bond acceptors (Lipinski definition) is 5. The Morgan fingerprint density at radius 1 is 1.15 bits per heavy atom. The Morgan fingerprint density at radius 2 is 2.00 bits per heavy atom. The largest absolute Gasteiger partial charge is 0.493 e. The number of para-hydroxylation sites is 1. The number of rotatable bonds is 9. The lowest BCUT2D eigenvalue weighted by atomic mass is 10.2. The molecule has 0 aliphatic heterocycles. The second-order valence-corrected chi connectivity index (χ2v) is 7.85. The van der Waals surface area contributed by atoms with E-state index in [1.165, 1.54) is 11.8 Å². The molecule has 1 heterocycles. The Balaban J connectivity index is 1.73. The average molecular weight is 449 g/mol. The van der Waals surface area contributed by atoms with Gasteiger partial charge in [0.15, 0.2) is 5.16 Å². The molecule has 27 heavy (non-hydrogen) atoms. The van der Waals surface area contributed by atoms with Crippen LogP contribution in [0, 0.1) is 0 Å². The first-order chi connectivity index (χ1) is 13.2. The molecule has 0 aliphatic carbocycles. The zero-order valence-corrected chi connectivity index (χ0v) is 17.5. The van der Waals surface area contributed by atoms with E-state index in [2.05, 4.69) is 15.9 Å². The van der Waals surface area contributed by atoms with Gasteiger partial charge in [-0.1, -0.05) is 45.9 Å². The van der Waals surface area contributed by atoms with Crippen molar-refractivity contribution >= 4 is 38.6 Å². The molecule has 0 atom stereocenters. The quantitative estimate of drug-likeness (QED) is 0.276. The third kappa shape index (κ3) is 5.34. The molecule has 5 nitrogen and oxygen atoms in total. The highest BCUT2D eigenvalue weighted by molar-refractivity contribution is 9.10. The van der Waals surface area contributed by atoms with Crippen LogP contribution in [0.3, 0.4) is 0 Å². The summed E-state index contributed by atoms with van der Waals surface area (Å²) in [7, 11) is 1.66. The van der Waals surface area contributed by atoms with Gasteiger partial charge >= 0.3 is 0 Å². The number of ether oxygens (including phenoxy) is 2. The smallest absolute Gasteiger partial charge is 0.262 e. The molecule has 0 saturated heterocycles. The first kappa shape index (κ1) is 19.9. The van der Waals surface area contributed by atoms with Crippen LogP contribution >= 0.6 is 27.7 Å². The highest BCUT2D eigenvalue weighted by Crippen LogP contribution is 2.20. The molecule has 0 saturated carbocycles. The van der Waals surface area contributed by atoms with Gasteiger partial charge in [0.2, 0.25) is 0 Å². The molecule has 7 heteroatoms. The van der Waals surface area contributed by atoms with E-state index >= 15 is 0 Å². The van der Waals surface area contributed by atoms with Gasteiger partial charge in [0, 0.05) is 30.5 Å². The highest BCUT2D eigenvalue weighted by Gasteiger charge is 2.11. The van der Waals surface area contributed by atoms with E-state index in [9.17, 15) is 4.79 Å². The van der Waals surface area contributed by atoms with E-state index in [4.69, 9.17) is 14.5 Å². The maximum Gasteiger partial charge on any atom is 0.262 e. The Bertz CT molecular complexity index is 961. The Hall–Kier alpha value is -1.83. The summed E-state index contributed by atoms with van der Waals surface area (Å²) in [6.45, 7) is 1.72. The molecule has 0 aliphatic rings. The van der Waals surface area contributed by atoms with Crippen molar-refractivity contribution in [2.75, 3.05) is 26.1 Å². The number of fused-ring (bicyclic) bond motifs is 1. The van der Waals surface area contributed by atoms with Crippen molar-refractivity contribution in [3.8, 4) is 5.75 Å². The fourth-order valence-electron chi connectivity index (χ4n) is 2.67. The molecule has 1 aromatic heterocycles. The minimum atomic E-state index is -0.00730. The monoisotopic (exact) mass is 448 g/mol. The molecule has 0 fully saturated rings. The summed E-state index contributed by atoms with van der Waals surface area (Å²) >= 11 is 4.97. The maximum absolute atomic E-state index is 12.9. The van der Waals surface area contributed by atoms with Crippen LogP contribution in [0.1, 0.15) is 6.42 Å². The van der Waals surface area contributed by atoms with Gasteiger partial charge in [0.1, 0.15) is 5.75 Å². The van der Waals surface area contributed by atoms with Gasteiger partial charge in [0.05, 0.1) is 17.5 Å². The third-order valence-corrected chi connectivity index (χ3v) is 5.37. The van der Waals surface area contributed by atoms with E-state index in [1.807, 2.05) is 48.5 Å². The van der Waals surface area contributed by atoms with E-state index in [0.717, 1.165) is 22.2 Å². The molecular weight excluding hydrogens is 428 g/mol. The van der Waals surface area contributed by atoms with E-state index in [0.29, 0.717) is 36.1 Å². The SMILES string of the molecule is COCCCn1c(SCCOc2cccc(Br)c2)nc2ccccc2c1=O. The Labute approximate surface area is 170 Å². The fraction of sp³-hybridized carbons (Fsp3) is 0.300. The summed E-state index contributed by atoms with van der Waals surface area (Å²) in [5, 5.41) is 1.36. The van der Waals surface area contributed by atoms with Gasteiger partial charge in [-0.15, -0.1) is 0 Å². The number of nitrogens with zero attached hydrogens (tertiary/aromatic N) is 2. The highest BCUT2D eigenvalue weighted by atomic mass is 79.9. The van der Waals surface area contributed by atoms with Crippen molar-refractivity contribution in [1.29, 1.82) is 0 Å². The molecule has 0 N–H and O–H groups in total. The molecule has 0 radical (unpaired) electrons. The molecule has 3 aromatic rings. The van der Waals surface area contributed by atoms with Crippen LogP contribution in [0.4, 0.5) is 0 Å². The lowest BCUT2D eigenvalue weighted by Crippen LogP contribution is -2.24. The van der Waals surface area contributed by atoms with Crippen LogP contribution in [0.5, 0.6) is 5.75 Å². The zero-order chi connectivity index (χ0) is 19.1. The summed E-state index contributed by atoms with van der Waals surface area (Å²) in [5.41, 5.74) is 0.716. The average Bonchev–Trinajstić information content (AvgIpc) is 2.67. The van der Waals surface area contributed by atoms with Gasteiger partial charge in [-0.25, -0.2) is 4.98 Å². The first-order valence-corrected chi connectivity index (χ1v) is 10.5. The van der Waals surface area contributed by atoms with Crippen molar-refractivity contribution in [2.24, 2.45) is 0 Å². The Morgan fingerprint density at radius 3 is 2.81 bits per heavy atom. The third-order valence-electron chi connectivity index (χ3n) is 3.94. The fourth-order valence-corrected chi connectivity index (χ4v) is 3.89. The van der Waals surface area contributed by atoms with Crippen molar-refractivity contribution < 1.29 is 9.47 Å². The summed E-state index contributed by atoms with van der Waals surface area (Å²) < 4.78 is 13.6. The minimum Gasteiger partial charge on any atom is -0.493 e. The first-order valence-electron chi connectivity index (χ1n) is 8.69. The van der Waals surface area contributed by atoms with Gasteiger partial charge in [-0.2, -0.15) is 0 Å². The zero-order valence-electron chi connectivity index (χ0n) is 15.1. The normalized spacial score (nSPS) is 11.0. The van der Waals surface area contributed by atoms with Crippen LogP contribution < -0.4 is 10.3 Å². The van der Waals surface area contributed by atoms with Crippen molar-refractivity contribution in [3.05, 3.63) is 63.4 Å². The summed E-state index contributed by atoms with van der Waals surface area (Å²) in [4.78, 5) is 17.6. The lowest BCUT2D eigenvalue weighted by Gasteiger charge is -2.13. The van der Waals surface area contributed by atoms with Crippen molar-refractivity contribution in [2.45, 2.75) is 18.1 Å². The number of hydrogen-bond donors (Lipinski definition) is 0. The molecule has 0 amide bonds. The van der Waals surface area contributed by atoms with E-state index < -0.39 is 0 Å². The van der Waals surface area contributed by atoms with Crippen LogP contribution in [0.25, 0.3) is 10.9 Å². The molecule has 142 valence electrons. The van der Waals surface area contributed by atoms with Crippen LogP contribution in [0.2, 0.25) is 0 Å². The minimum absolute atomic E-state index is 0.00730. The number of halogens is 1. The van der Waals surface area contributed by atoms with Gasteiger partial charge in [-0.3, -0.25) is 9.36 Å². The molecular formula is C20H21BrN2O3S. The van der Waals surface area contributed by atoms with Crippen LogP contribution in [-0.2, 0) is 11.3 Å². The van der Waals surface area contributed by atoms with Crippen LogP contribution in [0.15, 0.2) is 63.0 Å². The molecule has 0 spiro atoms. The second kappa shape index (κ2) is 9.92. The van der Waals surface area contributed by atoms with Crippen molar-refractivity contribution in [1.82, 2.24) is 9.55 Å². The summed E-state index contributed by atoms with van der Waals surface area (Å²) in [6, 6.07) is 15.2. The summed E-state index contributed by atoms with van der Waals surface area (Å²) in [5.74, 6) is 1.51. The number of benzene rings is 2. The number of thioether (sulfide) groups is 1. The van der Waals surface area contributed by atoms with E-state index in [1.54, 1.807) is 11.7 Å². The van der Waals surface area contributed by atoms with Gasteiger partial charge in [-0.05, 0) is 36.8 Å². The van der Waals surface area contributed by atoms with Crippen LogP contribution in [-0.4, -0.2) is 35.6 Å². The Kier molecular flexibility index (Phi) is 7.32. The molecule has 3 rings (SSSR count). The predicted octanol–water partition coefficient (Wildman–Crippen LogP) is 4.37. The van der Waals surface area contributed by atoms with Gasteiger partial charge in [0.25, 0.3) is 5.56 Å². The van der Waals surface area contributed by atoms with E-state index in [-0.39, 0.29) is 5.56 Å². The standard InChI is InChI=1S/C20H21BrN2O3S/c1-25-11-5-10-23-19(24)17-8-2-3-9-18(17)22-20(23)27-13-12-26-16-7-4-6-15(21)14-16/h2-4,6-9,14H,5,10-13H2,1H3. The summed E-state index contributed by atoms with van der Waals surface area (Å²) in [6.07, 6.45) is 0.762. The second-order valence-electron chi connectivity index (χ2n) is 5.87. The predicted molar refractivity (Wildman–Crippen MR) is 113 cm³/mol. The lowest BCUT2D eigenvalue weighted by molar-refractivity contribution is 0.189. The van der Waals surface area contributed by atoms with Crippen molar-refractivity contribution in [3.63, 3.8) is 0 Å². The molecule has 2 aromatic carbocycles. The molecule has 0 bridgehead atoms. The van der Waals surface area contributed by atoms with Gasteiger partial charge < -0.3 is 9.47 Å². The molecule has 0 unspecified atom stereocenters. The maximum atomic E-state index is 12.9.